The Hall–Kier alpha value is -9.33. The topological polar surface area (TPSA) is 9.86 Å². The summed E-state index contributed by atoms with van der Waals surface area (Å²) in [7, 11) is -5.74. The molecule has 0 aliphatic heterocycles. The normalized spacial score (nSPS) is 11.9. The average molecular weight is 1000 g/mol. The molecule has 358 valence electrons. The number of nitrogens with zero attached hydrogens (tertiary/aromatic N) is 2. The summed E-state index contributed by atoms with van der Waals surface area (Å²) in [6, 6.07) is 118. The lowest BCUT2D eigenvalue weighted by Crippen LogP contribution is -2.74. The number of aromatic nitrogens is 2. The number of hydrogen-bond acceptors (Lipinski definition) is 0. The quantitative estimate of drug-likeness (QED) is 0.0903. The molecule has 0 spiro atoms. The summed E-state index contributed by atoms with van der Waals surface area (Å²) in [5.41, 5.74) is 9.46. The number of benzene rings is 12. The Kier molecular flexibility index (Phi) is 11.2. The van der Waals surface area contributed by atoms with Crippen molar-refractivity contribution in [2.75, 3.05) is 0 Å². The molecular formula is C72H52N2Si2. The van der Waals surface area contributed by atoms with Crippen LogP contribution in [-0.4, -0.2) is 25.3 Å². The van der Waals surface area contributed by atoms with Crippen molar-refractivity contribution in [2.24, 2.45) is 0 Å². The Labute approximate surface area is 445 Å². The van der Waals surface area contributed by atoms with Gasteiger partial charge in [-0.3, -0.25) is 0 Å². The highest BCUT2D eigenvalue weighted by Gasteiger charge is 2.44. The Morgan fingerprint density at radius 3 is 1.16 bits per heavy atom. The zero-order valence-corrected chi connectivity index (χ0v) is 43.9. The van der Waals surface area contributed by atoms with Gasteiger partial charge in [-0.05, 0) is 101 Å². The van der Waals surface area contributed by atoms with E-state index in [1.165, 1.54) is 96.2 Å². The molecule has 4 heteroatoms. The molecule has 0 amide bonds. The predicted octanol–water partition coefficient (Wildman–Crippen LogP) is 12.3. The van der Waals surface area contributed by atoms with Gasteiger partial charge in [-0.25, -0.2) is 0 Å². The van der Waals surface area contributed by atoms with E-state index in [1.54, 1.807) is 0 Å². The second kappa shape index (κ2) is 18.9. The fraction of sp³-hybridized carbons (Fsp3) is 0. The maximum absolute atomic E-state index is 3.04. The second-order valence-corrected chi connectivity index (χ2v) is 27.5. The van der Waals surface area contributed by atoms with E-state index >= 15 is 0 Å². The Bertz CT molecular complexity index is 4230. The third kappa shape index (κ3) is 7.14. The molecule has 0 aliphatic carbocycles. The average Bonchev–Trinajstić information content (AvgIpc) is 4.07. The van der Waals surface area contributed by atoms with Gasteiger partial charge in [0, 0.05) is 32.9 Å². The molecule has 0 saturated carbocycles. The molecule has 0 N–H and O–H groups in total. The van der Waals surface area contributed by atoms with Gasteiger partial charge in [0.1, 0.15) is 0 Å². The minimum atomic E-state index is -3.04. The highest BCUT2D eigenvalue weighted by atomic mass is 28.3. The highest BCUT2D eigenvalue weighted by molar-refractivity contribution is 7.21. The van der Waals surface area contributed by atoms with Gasteiger partial charge in [0.25, 0.3) is 0 Å². The lowest BCUT2D eigenvalue weighted by Gasteiger charge is -2.35. The Morgan fingerprint density at radius 2 is 0.592 bits per heavy atom. The minimum Gasteiger partial charge on any atom is -0.309 e. The molecule has 0 saturated heterocycles. The third-order valence-electron chi connectivity index (χ3n) is 16.0. The largest absolute Gasteiger partial charge is 0.309 e. The molecule has 0 fully saturated rings. The van der Waals surface area contributed by atoms with Crippen LogP contribution in [0.5, 0.6) is 0 Å². The summed E-state index contributed by atoms with van der Waals surface area (Å²) < 4.78 is 4.98. The Balaban J connectivity index is 0.972. The first-order chi connectivity index (χ1) is 37.7. The van der Waals surface area contributed by atoms with Crippen LogP contribution < -0.4 is 41.5 Å². The van der Waals surface area contributed by atoms with Crippen molar-refractivity contribution < 1.29 is 0 Å². The molecule has 12 aromatic carbocycles. The van der Waals surface area contributed by atoms with E-state index in [1.807, 2.05) is 0 Å². The Morgan fingerprint density at radius 1 is 0.211 bits per heavy atom. The van der Waals surface area contributed by atoms with Gasteiger partial charge >= 0.3 is 0 Å². The first-order valence-electron chi connectivity index (χ1n) is 26.3. The summed E-state index contributed by atoms with van der Waals surface area (Å²) in [6.45, 7) is 0. The summed E-state index contributed by atoms with van der Waals surface area (Å²) in [6.07, 6.45) is 0. The number of rotatable bonds is 11. The van der Waals surface area contributed by atoms with Gasteiger partial charge < -0.3 is 9.13 Å². The second-order valence-electron chi connectivity index (χ2n) is 19.9. The fourth-order valence-electron chi connectivity index (χ4n) is 12.8. The summed E-state index contributed by atoms with van der Waals surface area (Å²) in [5, 5.41) is 15.9. The van der Waals surface area contributed by atoms with Crippen LogP contribution in [0.25, 0.3) is 66.1 Å². The zero-order chi connectivity index (χ0) is 50.5. The summed E-state index contributed by atoms with van der Waals surface area (Å²) >= 11 is 0. The molecule has 0 atom stereocenters. The van der Waals surface area contributed by atoms with Gasteiger partial charge in [0.05, 0.1) is 22.1 Å². The standard InChI is InChI=1S/C72H52N2Si2/c1-7-25-53(26-8-1)54-27-23-38-63(51-54)76(60-34-15-5-16-35-60,61-36-17-6-18-37-61)71-44-24-43-70-72(71)65-40-20-22-42-68(65)74(70)56-47-50-69-66(52-56)64-39-19-21-41-67(64)73(69)55-45-48-62(49-46-55)75(57-28-9-2-10-29-57,58-30-11-3-12-31-58)59-32-13-4-14-33-59/h1-52H. The van der Waals surface area contributed by atoms with Crippen LogP contribution in [-0.2, 0) is 0 Å². The first kappa shape index (κ1) is 45.3. The van der Waals surface area contributed by atoms with E-state index in [9.17, 15) is 0 Å². The number of hydrogen-bond donors (Lipinski definition) is 0. The van der Waals surface area contributed by atoms with Gasteiger partial charge in [-0.1, -0.05) is 267 Å². The molecule has 0 unspecified atom stereocenters. The van der Waals surface area contributed by atoms with Crippen molar-refractivity contribution in [1.29, 1.82) is 0 Å². The monoisotopic (exact) mass is 1000 g/mol. The van der Waals surface area contributed by atoms with Crippen LogP contribution in [0.3, 0.4) is 0 Å². The van der Waals surface area contributed by atoms with Gasteiger partial charge in [-0.2, -0.15) is 0 Å². The van der Waals surface area contributed by atoms with Crippen LogP contribution in [0.2, 0.25) is 0 Å². The smallest absolute Gasteiger partial charge is 0.180 e. The van der Waals surface area contributed by atoms with Crippen molar-refractivity contribution in [3.05, 3.63) is 315 Å². The SMILES string of the molecule is c1ccc(-c2cccc([Si](c3ccccc3)(c3ccccc3)c3cccc4c3c3ccccc3n4-c3ccc4c(c3)c3ccccc3n4-c3ccc([Si](c4ccccc4)(c4ccccc4)c4ccccc4)cc3)c2)cc1. The third-order valence-corrected chi connectivity index (χ3v) is 25.6. The van der Waals surface area contributed by atoms with E-state index in [-0.39, 0.29) is 0 Å². The highest BCUT2D eigenvalue weighted by Crippen LogP contribution is 2.37. The van der Waals surface area contributed by atoms with E-state index in [4.69, 9.17) is 0 Å². The molecule has 2 aromatic heterocycles. The van der Waals surface area contributed by atoms with Crippen LogP contribution >= 0.6 is 0 Å². The number of para-hydroxylation sites is 2. The number of fused-ring (bicyclic) bond motifs is 6. The summed E-state index contributed by atoms with van der Waals surface area (Å²) in [4.78, 5) is 0. The minimum absolute atomic E-state index is 1.14. The maximum Gasteiger partial charge on any atom is 0.180 e. The van der Waals surface area contributed by atoms with Crippen LogP contribution in [0.4, 0.5) is 0 Å². The molecular weight excluding hydrogens is 949 g/mol. The fourth-order valence-corrected chi connectivity index (χ4v) is 22.6. The van der Waals surface area contributed by atoms with Crippen molar-refractivity contribution in [3.63, 3.8) is 0 Å². The van der Waals surface area contributed by atoms with Crippen molar-refractivity contribution in [3.8, 4) is 22.5 Å². The van der Waals surface area contributed by atoms with E-state index < -0.39 is 16.1 Å². The molecule has 2 heterocycles. The molecule has 14 aromatic rings. The molecule has 76 heavy (non-hydrogen) atoms. The lowest BCUT2D eigenvalue weighted by atomic mass is 10.1. The van der Waals surface area contributed by atoms with Gasteiger partial charge in [0.2, 0.25) is 0 Å². The molecule has 2 nitrogen and oxygen atoms in total. The summed E-state index contributed by atoms with van der Waals surface area (Å²) in [5.74, 6) is 0. The molecule has 0 radical (unpaired) electrons. The lowest BCUT2D eigenvalue weighted by molar-refractivity contribution is 1.17. The van der Waals surface area contributed by atoms with Crippen molar-refractivity contribution in [2.45, 2.75) is 0 Å². The molecule has 14 rings (SSSR count). The maximum atomic E-state index is 2.52. The van der Waals surface area contributed by atoms with Gasteiger partial charge in [-0.15, -0.1) is 0 Å². The molecule has 0 aliphatic rings. The van der Waals surface area contributed by atoms with Crippen LogP contribution in [0, 0.1) is 0 Å². The van der Waals surface area contributed by atoms with Crippen molar-refractivity contribution >= 4 is 101 Å². The van der Waals surface area contributed by atoms with Crippen LogP contribution in [0.1, 0.15) is 0 Å². The van der Waals surface area contributed by atoms with E-state index in [2.05, 4.69) is 325 Å². The van der Waals surface area contributed by atoms with E-state index in [0.29, 0.717) is 0 Å². The van der Waals surface area contributed by atoms with Crippen LogP contribution in [0.15, 0.2) is 315 Å². The molecule has 0 bridgehead atoms. The first-order valence-corrected chi connectivity index (χ1v) is 30.3. The zero-order valence-electron chi connectivity index (χ0n) is 41.9. The van der Waals surface area contributed by atoms with Crippen molar-refractivity contribution in [1.82, 2.24) is 9.13 Å². The predicted molar refractivity (Wildman–Crippen MR) is 328 cm³/mol. The van der Waals surface area contributed by atoms with Gasteiger partial charge in [0.15, 0.2) is 16.1 Å². The van der Waals surface area contributed by atoms with E-state index in [0.717, 1.165) is 11.4 Å².